The molecule has 1 amide bonds. The van der Waals surface area contributed by atoms with Crippen molar-refractivity contribution in [3.63, 3.8) is 0 Å². The molecule has 0 unspecified atom stereocenters. The fourth-order valence-corrected chi connectivity index (χ4v) is 4.56. The van der Waals surface area contributed by atoms with Gasteiger partial charge in [-0.05, 0) is 36.3 Å². The zero-order valence-electron chi connectivity index (χ0n) is 24.6. The second-order valence-electron chi connectivity index (χ2n) is 13.1. The molecule has 3 atom stereocenters. The van der Waals surface area contributed by atoms with Crippen LogP contribution in [-0.2, 0) is 28.5 Å². The SMILES string of the molecule is CC(=O)Nc1cc2c(ncn2[C@H]2C[C@H](OO[Si](C)(C)C(C)(C)C)[C@@H](COO[Si](C)(C)C(C)(C)C)O2)c(=O)[nH]1. The molecule has 2 N–H and O–H groups in total. The van der Waals surface area contributed by atoms with Crippen molar-refractivity contribution in [2.75, 3.05) is 11.9 Å². The maximum absolute atomic E-state index is 12.6. The number of imidazole rings is 1. The van der Waals surface area contributed by atoms with Gasteiger partial charge in [0, 0.05) is 19.4 Å². The van der Waals surface area contributed by atoms with Crippen LogP contribution in [0.2, 0.25) is 36.3 Å². The van der Waals surface area contributed by atoms with Gasteiger partial charge in [0.1, 0.15) is 30.9 Å². The molecule has 1 fully saturated rings. The van der Waals surface area contributed by atoms with Crippen LogP contribution in [-0.4, -0.2) is 55.9 Å². The van der Waals surface area contributed by atoms with Crippen molar-refractivity contribution in [3.05, 3.63) is 22.7 Å². The van der Waals surface area contributed by atoms with Crippen LogP contribution < -0.4 is 10.9 Å². The fourth-order valence-electron chi connectivity index (χ4n) is 3.33. The van der Waals surface area contributed by atoms with Crippen LogP contribution in [0, 0.1) is 0 Å². The van der Waals surface area contributed by atoms with Crippen molar-refractivity contribution < 1.29 is 28.5 Å². The maximum atomic E-state index is 12.6. The summed E-state index contributed by atoms with van der Waals surface area (Å²) in [5.74, 6) is -0.00942. The van der Waals surface area contributed by atoms with Crippen molar-refractivity contribution in [3.8, 4) is 0 Å². The number of nitrogens with zero attached hydrogens (tertiary/aromatic N) is 2. The number of hydrogen-bond donors (Lipinski definition) is 2. The van der Waals surface area contributed by atoms with Crippen LogP contribution in [0.1, 0.15) is 61.1 Å². The molecule has 214 valence electrons. The van der Waals surface area contributed by atoms with Crippen LogP contribution in [0.5, 0.6) is 0 Å². The number of H-pyrrole nitrogens is 1. The summed E-state index contributed by atoms with van der Waals surface area (Å²) in [5.41, 5.74) is 0.379. The Morgan fingerprint density at radius 2 is 1.74 bits per heavy atom. The number of hydrogen-bond acceptors (Lipinski definition) is 8. The van der Waals surface area contributed by atoms with E-state index in [1.54, 1.807) is 17.0 Å². The van der Waals surface area contributed by atoms with E-state index in [1.807, 2.05) is 0 Å². The molecule has 11 nitrogen and oxygen atoms in total. The Morgan fingerprint density at radius 1 is 1.13 bits per heavy atom. The first-order valence-electron chi connectivity index (χ1n) is 13.0. The van der Waals surface area contributed by atoms with Crippen LogP contribution in [0.3, 0.4) is 0 Å². The lowest BCUT2D eigenvalue weighted by Gasteiger charge is -2.36. The number of aromatic nitrogens is 3. The molecule has 0 spiro atoms. The summed E-state index contributed by atoms with van der Waals surface area (Å²) in [6, 6.07) is 1.67. The molecule has 1 aliphatic rings. The molecule has 38 heavy (non-hydrogen) atoms. The van der Waals surface area contributed by atoms with Crippen molar-refractivity contribution in [2.24, 2.45) is 0 Å². The van der Waals surface area contributed by atoms with Gasteiger partial charge in [-0.3, -0.25) is 18.7 Å². The Balaban J connectivity index is 1.85. The van der Waals surface area contributed by atoms with Gasteiger partial charge >= 0.3 is 0 Å². The third-order valence-corrected chi connectivity index (χ3v) is 16.1. The zero-order valence-corrected chi connectivity index (χ0v) is 26.6. The predicted octanol–water partition coefficient (Wildman–Crippen LogP) is 5.25. The average Bonchev–Trinajstić information content (AvgIpc) is 3.34. The first kappa shape index (κ1) is 30.7. The number of pyridine rings is 1. The summed E-state index contributed by atoms with van der Waals surface area (Å²) in [4.78, 5) is 42.8. The quantitative estimate of drug-likeness (QED) is 0.239. The highest BCUT2D eigenvalue weighted by Crippen LogP contribution is 2.40. The minimum Gasteiger partial charge on any atom is -0.349 e. The summed E-state index contributed by atoms with van der Waals surface area (Å²) in [6.45, 7) is 22.9. The summed E-state index contributed by atoms with van der Waals surface area (Å²) in [7, 11) is -4.33. The molecule has 2 aromatic rings. The van der Waals surface area contributed by atoms with Gasteiger partial charge in [0.15, 0.2) is 5.52 Å². The average molecular weight is 569 g/mol. The van der Waals surface area contributed by atoms with Gasteiger partial charge in [-0.25, -0.2) is 14.8 Å². The number of nitrogens with one attached hydrogen (secondary N) is 2. The predicted molar refractivity (Wildman–Crippen MR) is 151 cm³/mol. The highest BCUT2D eigenvalue weighted by Gasteiger charge is 2.44. The second kappa shape index (κ2) is 10.9. The lowest BCUT2D eigenvalue weighted by atomic mass is 10.2. The summed E-state index contributed by atoms with van der Waals surface area (Å²) in [6.07, 6.45) is 0.580. The van der Waals surface area contributed by atoms with E-state index in [4.69, 9.17) is 23.7 Å². The van der Waals surface area contributed by atoms with Gasteiger partial charge in [0.05, 0.1) is 11.8 Å². The number of ether oxygens (including phenoxy) is 1. The summed E-state index contributed by atoms with van der Waals surface area (Å²) in [5, 5.41) is 2.57. The van der Waals surface area contributed by atoms with Crippen molar-refractivity contribution in [2.45, 2.75) is 110 Å². The van der Waals surface area contributed by atoms with Gasteiger partial charge in [-0.2, -0.15) is 0 Å². The van der Waals surface area contributed by atoms with Crippen molar-refractivity contribution >= 4 is 39.4 Å². The van der Waals surface area contributed by atoms with Crippen LogP contribution in [0.15, 0.2) is 17.2 Å². The van der Waals surface area contributed by atoms with E-state index in [0.29, 0.717) is 11.9 Å². The maximum Gasteiger partial charge on any atom is 0.277 e. The number of aromatic amines is 1. The van der Waals surface area contributed by atoms with E-state index in [2.05, 4.69) is 83.0 Å². The van der Waals surface area contributed by atoms with Crippen molar-refractivity contribution in [1.82, 2.24) is 14.5 Å². The highest BCUT2D eigenvalue weighted by molar-refractivity contribution is 6.74. The number of carbonyl (C=O) groups is 1. The topological polar surface area (TPSA) is 126 Å². The number of anilines is 1. The third kappa shape index (κ3) is 6.81. The largest absolute Gasteiger partial charge is 0.349 e. The Kier molecular flexibility index (Phi) is 8.83. The molecule has 3 heterocycles. The Bertz CT molecular complexity index is 1200. The van der Waals surface area contributed by atoms with Crippen molar-refractivity contribution in [1.29, 1.82) is 0 Å². The monoisotopic (exact) mass is 568 g/mol. The molecule has 3 rings (SSSR count). The minimum atomic E-state index is -2.20. The third-order valence-electron chi connectivity index (χ3n) is 7.87. The standard InChI is InChI=1S/C25H44N4O7Si2/c1-16(30)27-20-12-17-22(23(31)28-20)26-15-29(17)21-13-18(34-36-38(10,11)25(5,6)7)19(33-21)14-32-35-37(8,9)24(2,3)4/h12,15,18-19,21H,13-14H2,1-11H3,(H2,27,28,30,31)/t18-,19+,21+/m0/s1. The lowest BCUT2D eigenvalue weighted by molar-refractivity contribution is -0.290. The number of carbonyl (C=O) groups excluding carboxylic acids is 1. The van der Waals surface area contributed by atoms with E-state index in [1.165, 1.54) is 6.92 Å². The smallest absolute Gasteiger partial charge is 0.277 e. The minimum absolute atomic E-state index is 0.0121. The molecule has 13 heteroatoms. The van der Waals surface area contributed by atoms with Crippen LogP contribution >= 0.6 is 0 Å². The van der Waals surface area contributed by atoms with E-state index in [0.717, 1.165) is 0 Å². The van der Waals surface area contributed by atoms with Gasteiger partial charge in [0.2, 0.25) is 22.5 Å². The van der Waals surface area contributed by atoms with Crippen LogP contribution in [0.4, 0.5) is 5.82 Å². The molecule has 0 aromatic carbocycles. The Morgan fingerprint density at radius 3 is 2.32 bits per heavy atom. The normalized spacial score (nSPS) is 21.3. The Hall–Kier alpha value is -1.88. The van der Waals surface area contributed by atoms with E-state index in [-0.39, 0.29) is 33.9 Å². The van der Waals surface area contributed by atoms with E-state index < -0.39 is 40.6 Å². The summed E-state index contributed by atoms with van der Waals surface area (Å²) >= 11 is 0. The molecule has 0 radical (unpaired) electrons. The molecule has 1 aliphatic heterocycles. The number of rotatable bonds is 9. The molecular formula is C25H44N4O7Si2. The molecule has 0 saturated carbocycles. The fraction of sp³-hybridized carbons (Fsp3) is 0.720. The first-order valence-corrected chi connectivity index (χ1v) is 18.8. The lowest BCUT2D eigenvalue weighted by Crippen LogP contribution is -2.44. The second-order valence-corrected chi connectivity index (χ2v) is 22.4. The molecule has 0 aliphatic carbocycles. The van der Waals surface area contributed by atoms with E-state index in [9.17, 15) is 9.59 Å². The number of fused-ring (bicyclic) bond motifs is 1. The van der Waals surface area contributed by atoms with Gasteiger partial charge in [0.25, 0.3) is 5.56 Å². The molecular weight excluding hydrogens is 524 g/mol. The van der Waals surface area contributed by atoms with Gasteiger partial charge < -0.3 is 19.6 Å². The molecule has 1 saturated heterocycles. The molecule has 0 bridgehead atoms. The van der Waals surface area contributed by atoms with Gasteiger partial charge in [-0.1, -0.05) is 41.5 Å². The molecule has 2 aromatic heterocycles. The van der Waals surface area contributed by atoms with Gasteiger partial charge in [-0.15, -0.1) is 0 Å². The van der Waals surface area contributed by atoms with Crippen LogP contribution in [0.25, 0.3) is 11.0 Å². The number of amides is 1. The zero-order chi connectivity index (χ0) is 28.7. The Labute approximate surface area is 226 Å². The summed E-state index contributed by atoms with van der Waals surface area (Å²) < 4.78 is 20.2. The highest BCUT2D eigenvalue weighted by atomic mass is 28.4. The first-order chi connectivity index (χ1) is 17.3. The van der Waals surface area contributed by atoms with E-state index >= 15 is 0 Å².